The average Bonchev–Trinajstić information content (AvgIpc) is 3.67. The number of hydrogen-bond acceptors (Lipinski definition) is 0. The first-order valence-corrected chi connectivity index (χ1v) is 18.0. The van der Waals surface area contributed by atoms with Crippen LogP contribution in [0.5, 0.6) is 0 Å². The van der Waals surface area contributed by atoms with Crippen LogP contribution in [0.25, 0.3) is 21.5 Å². The summed E-state index contributed by atoms with van der Waals surface area (Å²) in [6.45, 7) is 22.6. The molecular formula is C45H52Zr. The minimum atomic E-state index is 0.203. The fourth-order valence-corrected chi connectivity index (χ4v) is 6.40. The van der Waals surface area contributed by atoms with Crippen LogP contribution >= 0.6 is 0 Å². The molecule has 5 aromatic carbocycles. The van der Waals surface area contributed by atoms with Gasteiger partial charge in [0.05, 0.1) is 0 Å². The molecule has 1 aliphatic carbocycles. The Kier molecular flexibility index (Phi) is 11.9. The van der Waals surface area contributed by atoms with Gasteiger partial charge >= 0.3 is 99.2 Å². The number of fused-ring (bicyclic) bond motifs is 3. The van der Waals surface area contributed by atoms with Crippen molar-refractivity contribution >= 4 is 24.8 Å². The number of rotatable bonds is 4. The summed E-state index contributed by atoms with van der Waals surface area (Å²) in [6, 6.07) is 37.3. The Bertz CT molecular complexity index is 1700. The van der Waals surface area contributed by atoms with E-state index in [0.717, 1.165) is 6.42 Å². The van der Waals surface area contributed by atoms with Gasteiger partial charge in [-0.1, -0.05) is 111 Å². The summed E-state index contributed by atoms with van der Waals surface area (Å²) in [6.07, 6.45) is 6.79. The molecule has 0 aliphatic heterocycles. The summed E-state index contributed by atoms with van der Waals surface area (Å²) in [7, 11) is 0. The molecule has 0 nitrogen and oxygen atoms in total. The molecule has 1 heteroatoms. The Labute approximate surface area is 294 Å². The fraction of sp³-hybridized carbons (Fsp3) is 0.333. The molecule has 5 aromatic rings. The van der Waals surface area contributed by atoms with Crippen molar-refractivity contribution in [2.24, 2.45) is 11.8 Å². The Morgan fingerprint density at radius 2 is 1.07 bits per heavy atom. The van der Waals surface area contributed by atoms with Gasteiger partial charge in [0.1, 0.15) is 0 Å². The first-order valence-electron chi connectivity index (χ1n) is 16.8. The summed E-state index contributed by atoms with van der Waals surface area (Å²) in [5.74, 6) is 1.34. The van der Waals surface area contributed by atoms with Gasteiger partial charge in [0, 0.05) is 0 Å². The number of benzene rings is 4. The van der Waals surface area contributed by atoms with Crippen LogP contribution in [-0.2, 0) is 35.1 Å². The van der Waals surface area contributed by atoms with Crippen molar-refractivity contribution in [1.29, 1.82) is 0 Å². The first-order chi connectivity index (χ1) is 21.6. The molecule has 6 rings (SSSR count). The van der Waals surface area contributed by atoms with E-state index in [1.807, 2.05) is 0 Å². The van der Waals surface area contributed by atoms with Crippen LogP contribution in [0.1, 0.15) is 97.9 Å². The Hall–Kier alpha value is -3.02. The molecule has 0 bridgehead atoms. The molecule has 0 heterocycles. The molecule has 0 radical (unpaired) electrons. The van der Waals surface area contributed by atoms with Crippen molar-refractivity contribution < 1.29 is 24.2 Å². The normalized spacial score (nSPS) is 13.3. The van der Waals surface area contributed by atoms with Crippen LogP contribution in [-0.4, -0.2) is 3.21 Å². The summed E-state index contributed by atoms with van der Waals surface area (Å²) in [5.41, 5.74) is 8.81. The molecule has 46 heavy (non-hydrogen) atoms. The van der Waals surface area contributed by atoms with E-state index < -0.39 is 0 Å². The van der Waals surface area contributed by atoms with Crippen LogP contribution in [0.3, 0.4) is 0 Å². The maximum absolute atomic E-state index is 3.41. The first kappa shape index (κ1) is 35.8. The van der Waals surface area contributed by atoms with Gasteiger partial charge in [-0.2, -0.15) is 5.57 Å². The van der Waals surface area contributed by atoms with Gasteiger partial charge in [0.25, 0.3) is 0 Å². The molecule has 0 aromatic heterocycles. The molecule has 0 N–H and O–H groups in total. The fourth-order valence-electron chi connectivity index (χ4n) is 5.58. The van der Waals surface area contributed by atoms with Gasteiger partial charge < -0.3 is 0 Å². The molecule has 0 saturated carbocycles. The van der Waals surface area contributed by atoms with Crippen LogP contribution in [0.4, 0.5) is 0 Å². The zero-order chi connectivity index (χ0) is 33.6. The zero-order valence-corrected chi connectivity index (χ0v) is 32.2. The molecule has 236 valence electrons. The second-order valence-electron chi connectivity index (χ2n) is 15.2. The number of hydrogen-bond donors (Lipinski definition) is 0. The van der Waals surface area contributed by atoms with E-state index in [1.165, 1.54) is 82.4 Å². The van der Waals surface area contributed by atoms with Gasteiger partial charge in [-0.25, -0.2) is 11.6 Å². The molecule has 0 spiro atoms. The van der Waals surface area contributed by atoms with Crippen molar-refractivity contribution in [2.75, 3.05) is 0 Å². The van der Waals surface area contributed by atoms with E-state index in [0.29, 0.717) is 11.8 Å². The molecule has 0 fully saturated rings. The molecule has 0 atom stereocenters. The van der Waals surface area contributed by atoms with Crippen LogP contribution < -0.4 is 0 Å². The van der Waals surface area contributed by atoms with Crippen LogP contribution in [0, 0.1) is 17.9 Å². The van der Waals surface area contributed by atoms with E-state index in [2.05, 4.69) is 185 Å². The van der Waals surface area contributed by atoms with Crippen molar-refractivity contribution in [1.82, 2.24) is 0 Å². The van der Waals surface area contributed by atoms with E-state index in [4.69, 9.17) is 0 Å². The van der Waals surface area contributed by atoms with Gasteiger partial charge in [-0.15, -0.1) is 46.2 Å². The van der Waals surface area contributed by atoms with Crippen LogP contribution in [0.2, 0.25) is 0 Å². The van der Waals surface area contributed by atoms with Gasteiger partial charge in [-0.05, 0) is 16.7 Å². The summed E-state index contributed by atoms with van der Waals surface area (Å²) < 4.78 is 1.42. The van der Waals surface area contributed by atoms with Gasteiger partial charge in [0.15, 0.2) is 0 Å². The predicted octanol–water partition coefficient (Wildman–Crippen LogP) is 12.5. The van der Waals surface area contributed by atoms with E-state index in [-0.39, 0.29) is 10.8 Å². The third-order valence-electron chi connectivity index (χ3n) is 8.76. The van der Waals surface area contributed by atoms with Gasteiger partial charge in [-0.3, -0.25) is 6.08 Å². The predicted molar refractivity (Wildman–Crippen MR) is 200 cm³/mol. The SMILES string of the molecule is CC(C)(C)c1ccc2c(c1)[cH-]c1cc(C(C)(C)C)ccc12.CC(C)C1=[C-]CC(C(C)C)=C1.[Zr+2]=[C](c1ccccc1)c1ccccc1. The van der Waals surface area contributed by atoms with Crippen molar-refractivity contribution in [2.45, 2.75) is 86.5 Å². The second-order valence-corrected chi connectivity index (χ2v) is 16.4. The summed E-state index contributed by atoms with van der Waals surface area (Å²) >= 11 is 1.46. The van der Waals surface area contributed by atoms with E-state index in [9.17, 15) is 0 Å². The number of allylic oxidation sites excluding steroid dienone is 4. The zero-order valence-electron chi connectivity index (χ0n) is 29.8. The minimum absolute atomic E-state index is 0.203. The Balaban J connectivity index is 0.000000167. The Morgan fingerprint density at radius 1 is 0.630 bits per heavy atom. The molecule has 0 saturated heterocycles. The molecule has 0 unspecified atom stereocenters. The standard InChI is InChI=1S/C21H25.C13H10.C11H17.Zr/c1-20(2,3)16-7-9-18-14(12-16)11-15-13-17(21(4,5)6)8-10-19(15)18;1-3-7-12(8-4-1)11-13-9-5-2-6-10-13;1-8(2)10-5-6-11(7-10)9(3)4;/h7-13H,1-6H3;1-10H;7-9H,5H2,1-4H3;/q-1;;-1;+2. The van der Waals surface area contributed by atoms with E-state index >= 15 is 0 Å². The topological polar surface area (TPSA) is 0 Å². The average molecular weight is 684 g/mol. The van der Waals surface area contributed by atoms with Crippen molar-refractivity contribution in [3.05, 3.63) is 149 Å². The summed E-state index contributed by atoms with van der Waals surface area (Å²) in [4.78, 5) is 0. The third kappa shape index (κ3) is 9.29. The molecular weight excluding hydrogens is 632 g/mol. The van der Waals surface area contributed by atoms with Crippen molar-refractivity contribution in [3.8, 4) is 0 Å². The second kappa shape index (κ2) is 15.3. The quantitative estimate of drug-likeness (QED) is 0.165. The van der Waals surface area contributed by atoms with Gasteiger partial charge in [0.2, 0.25) is 0 Å². The maximum atomic E-state index is 3.41. The van der Waals surface area contributed by atoms with Crippen LogP contribution in [0.15, 0.2) is 120 Å². The molecule has 1 aliphatic rings. The Morgan fingerprint density at radius 3 is 1.39 bits per heavy atom. The molecule has 0 amide bonds. The van der Waals surface area contributed by atoms with Crippen molar-refractivity contribution in [3.63, 3.8) is 0 Å². The third-order valence-corrected chi connectivity index (χ3v) is 10.2. The monoisotopic (exact) mass is 682 g/mol. The summed E-state index contributed by atoms with van der Waals surface area (Å²) in [5, 5.41) is 5.48. The van der Waals surface area contributed by atoms with E-state index in [1.54, 1.807) is 0 Å².